The van der Waals surface area contributed by atoms with Gasteiger partial charge in [-0.15, -0.1) is 0 Å². The third-order valence-electron chi connectivity index (χ3n) is 5.02. The fourth-order valence-corrected chi connectivity index (χ4v) is 3.65. The Labute approximate surface area is 111 Å². The number of amides is 1. The molecule has 0 radical (unpaired) electrons. The van der Waals surface area contributed by atoms with E-state index in [-0.39, 0.29) is 11.3 Å². The van der Waals surface area contributed by atoms with E-state index in [4.69, 9.17) is 0 Å². The summed E-state index contributed by atoms with van der Waals surface area (Å²) in [5.41, 5.74) is -0.135. The molecular weight excluding hydrogens is 222 g/mol. The smallest absolute Gasteiger partial charge is 0.226 e. The SMILES string of the molecule is CCCC(CC)CNC(=O)C1(C)CC2C=CC1C2. The highest BCUT2D eigenvalue weighted by Gasteiger charge is 2.49. The Balaban J connectivity index is 1.87. The second kappa shape index (κ2) is 5.46. The molecule has 1 N–H and O–H groups in total. The molecule has 2 aliphatic carbocycles. The molecule has 1 amide bonds. The highest BCUT2D eigenvalue weighted by atomic mass is 16.2. The quantitative estimate of drug-likeness (QED) is 0.717. The van der Waals surface area contributed by atoms with Gasteiger partial charge in [-0.25, -0.2) is 0 Å². The molecule has 1 saturated carbocycles. The second-order valence-corrected chi connectivity index (χ2v) is 6.38. The van der Waals surface area contributed by atoms with Gasteiger partial charge >= 0.3 is 0 Å². The molecule has 2 bridgehead atoms. The number of hydrogen-bond acceptors (Lipinski definition) is 1. The zero-order valence-electron chi connectivity index (χ0n) is 12.0. The minimum atomic E-state index is -0.135. The van der Waals surface area contributed by atoms with E-state index in [2.05, 4.69) is 38.2 Å². The Kier molecular flexibility index (Phi) is 4.14. The van der Waals surface area contributed by atoms with Crippen LogP contribution in [0.3, 0.4) is 0 Å². The minimum Gasteiger partial charge on any atom is -0.355 e. The largest absolute Gasteiger partial charge is 0.355 e. The van der Waals surface area contributed by atoms with E-state index in [1.54, 1.807) is 0 Å². The van der Waals surface area contributed by atoms with E-state index in [1.165, 1.54) is 19.3 Å². The summed E-state index contributed by atoms with van der Waals surface area (Å²) in [6.07, 6.45) is 10.4. The van der Waals surface area contributed by atoms with Crippen molar-refractivity contribution in [3.8, 4) is 0 Å². The number of nitrogens with one attached hydrogen (secondary N) is 1. The lowest BCUT2D eigenvalue weighted by atomic mass is 9.76. The Bertz CT molecular complexity index is 336. The van der Waals surface area contributed by atoms with Gasteiger partial charge in [0.2, 0.25) is 5.91 Å². The monoisotopic (exact) mass is 249 g/mol. The predicted molar refractivity (Wildman–Crippen MR) is 75.2 cm³/mol. The molecule has 2 rings (SSSR count). The van der Waals surface area contributed by atoms with Crippen LogP contribution < -0.4 is 5.32 Å². The highest BCUT2D eigenvalue weighted by Crippen LogP contribution is 2.51. The summed E-state index contributed by atoms with van der Waals surface area (Å²) in [5.74, 6) is 2.07. The van der Waals surface area contributed by atoms with E-state index >= 15 is 0 Å². The normalized spacial score (nSPS) is 34.8. The van der Waals surface area contributed by atoms with Crippen LogP contribution in [-0.4, -0.2) is 12.5 Å². The Hall–Kier alpha value is -0.790. The van der Waals surface area contributed by atoms with Crippen molar-refractivity contribution in [2.45, 2.75) is 52.9 Å². The molecule has 4 unspecified atom stereocenters. The van der Waals surface area contributed by atoms with Gasteiger partial charge in [0.25, 0.3) is 0 Å². The first kappa shape index (κ1) is 13.6. The summed E-state index contributed by atoms with van der Waals surface area (Å²) in [6.45, 7) is 7.44. The highest BCUT2D eigenvalue weighted by molar-refractivity contribution is 5.83. The Morgan fingerprint density at radius 3 is 2.72 bits per heavy atom. The van der Waals surface area contributed by atoms with E-state index in [1.807, 2.05) is 0 Å². The molecule has 0 aromatic rings. The van der Waals surface area contributed by atoms with Gasteiger partial charge in [-0.3, -0.25) is 4.79 Å². The van der Waals surface area contributed by atoms with Gasteiger partial charge < -0.3 is 5.32 Å². The number of rotatable bonds is 6. The minimum absolute atomic E-state index is 0.135. The molecule has 0 aliphatic heterocycles. The molecule has 0 aromatic heterocycles. The maximum absolute atomic E-state index is 12.4. The van der Waals surface area contributed by atoms with E-state index in [9.17, 15) is 4.79 Å². The van der Waals surface area contributed by atoms with Crippen molar-refractivity contribution in [2.75, 3.05) is 6.54 Å². The standard InChI is InChI=1S/C16H27NO/c1-4-6-12(5-2)11-17-15(18)16(3)10-13-7-8-14(16)9-13/h7-8,12-14H,4-6,9-11H2,1-3H3,(H,17,18). The molecule has 0 aromatic carbocycles. The summed E-state index contributed by atoms with van der Waals surface area (Å²) >= 11 is 0. The number of carbonyl (C=O) groups excluding carboxylic acids is 1. The van der Waals surface area contributed by atoms with Crippen LogP contribution >= 0.6 is 0 Å². The van der Waals surface area contributed by atoms with Gasteiger partial charge in [-0.05, 0) is 37.0 Å². The van der Waals surface area contributed by atoms with E-state index in [0.29, 0.717) is 17.8 Å². The lowest BCUT2D eigenvalue weighted by molar-refractivity contribution is -0.131. The predicted octanol–water partition coefficient (Wildman–Crippen LogP) is 3.53. The average Bonchev–Trinajstić information content (AvgIpc) is 2.94. The fourth-order valence-electron chi connectivity index (χ4n) is 3.65. The maximum Gasteiger partial charge on any atom is 0.226 e. The lowest BCUT2D eigenvalue weighted by Crippen LogP contribution is -2.43. The molecule has 2 heteroatoms. The van der Waals surface area contributed by atoms with Gasteiger partial charge in [0, 0.05) is 6.54 Å². The van der Waals surface area contributed by atoms with Crippen molar-refractivity contribution in [1.29, 1.82) is 0 Å². The van der Waals surface area contributed by atoms with Crippen LogP contribution in [-0.2, 0) is 4.79 Å². The van der Waals surface area contributed by atoms with Crippen LogP contribution in [0.5, 0.6) is 0 Å². The summed E-state index contributed by atoms with van der Waals surface area (Å²) < 4.78 is 0. The third kappa shape index (κ3) is 2.48. The lowest BCUT2D eigenvalue weighted by Gasteiger charge is -2.30. The number of allylic oxidation sites excluding steroid dienone is 2. The Morgan fingerprint density at radius 2 is 2.22 bits per heavy atom. The molecule has 2 aliphatic rings. The average molecular weight is 249 g/mol. The third-order valence-corrected chi connectivity index (χ3v) is 5.02. The van der Waals surface area contributed by atoms with Gasteiger partial charge in [0.1, 0.15) is 0 Å². The van der Waals surface area contributed by atoms with Crippen molar-refractivity contribution in [2.24, 2.45) is 23.2 Å². The summed E-state index contributed by atoms with van der Waals surface area (Å²) in [6, 6.07) is 0. The molecular formula is C16H27NO. The molecule has 102 valence electrons. The molecule has 0 heterocycles. The van der Waals surface area contributed by atoms with Crippen LogP contribution in [0, 0.1) is 23.2 Å². The summed E-state index contributed by atoms with van der Waals surface area (Å²) in [5, 5.41) is 3.21. The van der Waals surface area contributed by atoms with Gasteiger partial charge in [0.15, 0.2) is 0 Å². The Morgan fingerprint density at radius 1 is 1.44 bits per heavy atom. The first-order valence-electron chi connectivity index (χ1n) is 7.56. The van der Waals surface area contributed by atoms with Crippen molar-refractivity contribution in [3.63, 3.8) is 0 Å². The van der Waals surface area contributed by atoms with Gasteiger partial charge in [-0.2, -0.15) is 0 Å². The molecule has 4 atom stereocenters. The first-order chi connectivity index (χ1) is 8.60. The van der Waals surface area contributed by atoms with Crippen LogP contribution in [0.4, 0.5) is 0 Å². The van der Waals surface area contributed by atoms with Crippen LogP contribution in [0.25, 0.3) is 0 Å². The van der Waals surface area contributed by atoms with Crippen LogP contribution in [0.1, 0.15) is 52.9 Å². The maximum atomic E-state index is 12.4. The van der Waals surface area contributed by atoms with Crippen LogP contribution in [0.15, 0.2) is 12.2 Å². The van der Waals surface area contributed by atoms with Crippen molar-refractivity contribution in [3.05, 3.63) is 12.2 Å². The molecule has 0 saturated heterocycles. The molecule has 2 nitrogen and oxygen atoms in total. The van der Waals surface area contributed by atoms with Crippen LogP contribution in [0.2, 0.25) is 0 Å². The van der Waals surface area contributed by atoms with Gasteiger partial charge in [0.05, 0.1) is 5.41 Å². The van der Waals surface area contributed by atoms with Gasteiger partial charge in [-0.1, -0.05) is 45.8 Å². The van der Waals surface area contributed by atoms with Crippen molar-refractivity contribution >= 4 is 5.91 Å². The fraction of sp³-hybridized carbons (Fsp3) is 0.812. The molecule has 1 fully saturated rings. The van der Waals surface area contributed by atoms with E-state index < -0.39 is 0 Å². The molecule has 0 spiro atoms. The zero-order chi connectivity index (χ0) is 13.2. The second-order valence-electron chi connectivity index (χ2n) is 6.38. The van der Waals surface area contributed by atoms with Crippen molar-refractivity contribution in [1.82, 2.24) is 5.32 Å². The summed E-state index contributed by atoms with van der Waals surface area (Å²) in [7, 11) is 0. The first-order valence-corrected chi connectivity index (χ1v) is 7.56. The number of hydrogen-bond donors (Lipinski definition) is 1. The number of fused-ring (bicyclic) bond motifs is 2. The topological polar surface area (TPSA) is 29.1 Å². The van der Waals surface area contributed by atoms with Crippen molar-refractivity contribution < 1.29 is 4.79 Å². The zero-order valence-corrected chi connectivity index (χ0v) is 12.0. The molecule has 18 heavy (non-hydrogen) atoms. The number of carbonyl (C=O) groups is 1. The summed E-state index contributed by atoms with van der Waals surface area (Å²) in [4.78, 5) is 12.4. The van der Waals surface area contributed by atoms with E-state index in [0.717, 1.165) is 19.4 Å².